The maximum absolute atomic E-state index is 13.1. The van der Waals surface area contributed by atoms with E-state index in [2.05, 4.69) is 0 Å². The third kappa shape index (κ3) is 4.27. The van der Waals surface area contributed by atoms with Gasteiger partial charge in [-0.25, -0.2) is 4.79 Å². The molecular formula is C24H26N2O4. The smallest absolute Gasteiger partial charge is 0.337 e. The number of ether oxygens (including phenoxy) is 1. The van der Waals surface area contributed by atoms with Crippen molar-refractivity contribution in [2.24, 2.45) is 0 Å². The summed E-state index contributed by atoms with van der Waals surface area (Å²) in [4.78, 5) is 41.2. The van der Waals surface area contributed by atoms with E-state index in [-0.39, 0.29) is 5.97 Å². The minimum absolute atomic E-state index is 0.359. The monoisotopic (exact) mass is 406 g/mol. The van der Waals surface area contributed by atoms with Gasteiger partial charge >= 0.3 is 5.97 Å². The summed E-state index contributed by atoms with van der Waals surface area (Å²) in [6.45, 7) is 5.33. The Bertz CT molecular complexity index is 978. The lowest BCUT2D eigenvalue weighted by atomic mass is 10.0. The summed E-state index contributed by atoms with van der Waals surface area (Å²) in [6.07, 6.45) is 2.49. The quantitative estimate of drug-likeness (QED) is 0.401. The van der Waals surface area contributed by atoms with Gasteiger partial charge in [0.1, 0.15) is 0 Å². The first kappa shape index (κ1) is 21.3. The van der Waals surface area contributed by atoms with Crippen molar-refractivity contribution in [3.63, 3.8) is 0 Å². The molecule has 1 aliphatic rings. The molecule has 1 aliphatic heterocycles. The van der Waals surface area contributed by atoms with Crippen LogP contribution in [0.5, 0.6) is 0 Å². The van der Waals surface area contributed by atoms with Crippen LogP contribution in [0.1, 0.15) is 35.3 Å². The van der Waals surface area contributed by atoms with E-state index in [0.29, 0.717) is 36.3 Å². The van der Waals surface area contributed by atoms with E-state index in [1.807, 2.05) is 61.2 Å². The number of hydrogen-bond donors (Lipinski definition) is 0. The fourth-order valence-corrected chi connectivity index (χ4v) is 3.61. The third-order valence-corrected chi connectivity index (χ3v) is 5.29. The summed E-state index contributed by atoms with van der Waals surface area (Å²) in [5, 5.41) is 0. The van der Waals surface area contributed by atoms with Crippen molar-refractivity contribution in [1.82, 2.24) is 4.90 Å². The first-order valence-electron chi connectivity index (χ1n) is 10.1. The highest BCUT2D eigenvalue weighted by molar-refractivity contribution is 6.53. The normalized spacial score (nSPS) is 13.0. The molecule has 0 spiro atoms. The van der Waals surface area contributed by atoms with E-state index in [0.717, 1.165) is 17.7 Å². The first-order chi connectivity index (χ1) is 14.5. The second-order valence-electron chi connectivity index (χ2n) is 6.99. The molecule has 156 valence electrons. The summed E-state index contributed by atoms with van der Waals surface area (Å²) < 4.78 is 4.80. The Morgan fingerprint density at radius 2 is 1.73 bits per heavy atom. The predicted molar refractivity (Wildman–Crippen MR) is 116 cm³/mol. The van der Waals surface area contributed by atoms with Gasteiger partial charge < -0.3 is 14.5 Å². The van der Waals surface area contributed by atoms with Crippen LogP contribution in [0, 0.1) is 0 Å². The summed E-state index contributed by atoms with van der Waals surface area (Å²) >= 11 is 0. The van der Waals surface area contributed by atoms with Crippen LogP contribution in [0.3, 0.4) is 0 Å². The minimum Gasteiger partial charge on any atom is -0.465 e. The predicted octanol–water partition coefficient (Wildman–Crippen LogP) is 3.31. The molecule has 2 aromatic carbocycles. The summed E-state index contributed by atoms with van der Waals surface area (Å²) in [5.74, 6) is -1.41. The molecule has 1 amide bonds. The zero-order chi connectivity index (χ0) is 21.7. The maximum Gasteiger partial charge on any atom is 0.337 e. The number of hydrogen-bond acceptors (Lipinski definition) is 5. The van der Waals surface area contributed by atoms with Crippen LogP contribution < -0.4 is 4.90 Å². The van der Waals surface area contributed by atoms with E-state index < -0.39 is 11.7 Å². The summed E-state index contributed by atoms with van der Waals surface area (Å²) in [6, 6.07) is 14.6. The van der Waals surface area contributed by atoms with Crippen LogP contribution in [0.2, 0.25) is 0 Å². The number of likely N-dealkylation sites (N-methyl/N-ethyl adjacent to an activating group) is 1. The average molecular weight is 406 g/mol. The molecule has 1 heterocycles. The van der Waals surface area contributed by atoms with Crippen molar-refractivity contribution in [1.29, 1.82) is 0 Å². The molecule has 3 rings (SSSR count). The van der Waals surface area contributed by atoms with Crippen LogP contribution in [0.15, 0.2) is 54.7 Å². The van der Waals surface area contributed by atoms with Gasteiger partial charge in [0.05, 0.1) is 18.2 Å². The van der Waals surface area contributed by atoms with Gasteiger partial charge in [0.2, 0.25) is 0 Å². The number of ketones is 1. The van der Waals surface area contributed by atoms with Crippen molar-refractivity contribution < 1.29 is 19.1 Å². The molecule has 0 aromatic heterocycles. The van der Waals surface area contributed by atoms with Crippen molar-refractivity contribution in [2.75, 3.05) is 31.6 Å². The van der Waals surface area contributed by atoms with Crippen molar-refractivity contribution in [3.8, 4) is 0 Å². The Morgan fingerprint density at radius 3 is 2.37 bits per heavy atom. The van der Waals surface area contributed by atoms with Gasteiger partial charge in [-0.3, -0.25) is 9.59 Å². The largest absolute Gasteiger partial charge is 0.465 e. The van der Waals surface area contributed by atoms with Gasteiger partial charge in [-0.05, 0) is 49.6 Å². The average Bonchev–Trinajstić information content (AvgIpc) is 3.19. The fourth-order valence-electron chi connectivity index (χ4n) is 3.61. The number of anilines is 1. The molecule has 0 N–H and O–H groups in total. The number of methoxy groups -OCH3 is 1. The Hall–Kier alpha value is -3.41. The van der Waals surface area contributed by atoms with E-state index in [4.69, 9.17) is 4.74 Å². The second-order valence-corrected chi connectivity index (χ2v) is 6.99. The van der Waals surface area contributed by atoms with Gasteiger partial charge in [-0.15, -0.1) is 0 Å². The molecular weight excluding hydrogens is 380 g/mol. The van der Waals surface area contributed by atoms with Crippen molar-refractivity contribution in [3.05, 3.63) is 71.4 Å². The molecule has 0 aliphatic carbocycles. The lowest BCUT2D eigenvalue weighted by Crippen LogP contribution is -2.37. The Kier molecular flexibility index (Phi) is 6.67. The minimum atomic E-state index is -0.524. The van der Waals surface area contributed by atoms with Gasteiger partial charge in [-0.1, -0.05) is 30.3 Å². The number of amides is 1. The number of nitrogens with zero attached hydrogens (tertiary/aromatic N) is 2. The Morgan fingerprint density at radius 1 is 1.03 bits per heavy atom. The standard InChI is InChI=1S/C24H26N2O4/c1-4-25(5-2)23(28)22(27)20(17-9-7-6-8-10-17)16-26-14-13-18-15-19(24(29)30-3)11-12-21(18)26/h6-12,15-16H,4-5,13-14H2,1-3H3/b20-16+. The molecule has 6 heteroatoms. The highest BCUT2D eigenvalue weighted by Gasteiger charge is 2.27. The van der Waals surface area contributed by atoms with E-state index >= 15 is 0 Å². The molecule has 6 nitrogen and oxygen atoms in total. The highest BCUT2D eigenvalue weighted by atomic mass is 16.5. The number of fused-ring (bicyclic) bond motifs is 1. The number of Topliss-reactive ketones (excluding diaryl/α,β-unsaturated/α-hetero) is 1. The summed E-state index contributed by atoms with van der Waals surface area (Å²) in [5.41, 5.74) is 3.47. The van der Waals surface area contributed by atoms with Gasteiger partial charge in [0.15, 0.2) is 0 Å². The van der Waals surface area contributed by atoms with Crippen LogP contribution in [-0.4, -0.2) is 49.3 Å². The number of benzene rings is 2. The van der Waals surface area contributed by atoms with Gasteiger partial charge in [0.25, 0.3) is 11.7 Å². The third-order valence-electron chi connectivity index (χ3n) is 5.29. The molecule has 0 bridgehead atoms. The molecule has 0 fully saturated rings. The maximum atomic E-state index is 13.1. The molecule has 0 unspecified atom stereocenters. The van der Waals surface area contributed by atoms with Crippen molar-refractivity contribution in [2.45, 2.75) is 20.3 Å². The molecule has 30 heavy (non-hydrogen) atoms. The van der Waals surface area contributed by atoms with Crippen LogP contribution in [0.25, 0.3) is 5.57 Å². The Labute approximate surface area is 176 Å². The van der Waals surface area contributed by atoms with Crippen molar-refractivity contribution >= 4 is 28.9 Å². The topological polar surface area (TPSA) is 66.9 Å². The second kappa shape index (κ2) is 9.39. The molecule has 0 radical (unpaired) electrons. The van der Waals surface area contributed by atoms with E-state index in [1.54, 1.807) is 12.3 Å². The summed E-state index contributed by atoms with van der Waals surface area (Å²) in [7, 11) is 1.36. The lowest BCUT2D eigenvalue weighted by Gasteiger charge is -2.21. The van der Waals surface area contributed by atoms with Gasteiger partial charge in [-0.2, -0.15) is 0 Å². The molecule has 0 saturated heterocycles. The van der Waals surface area contributed by atoms with E-state index in [1.165, 1.54) is 12.0 Å². The number of carbonyl (C=O) groups excluding carboxylic acids is 3. The zero-order valence-electron chi connectivity index (χ0n) is 17.6. The number of esters is 1. The molecule has 0 saturated carbocycles. The zero-order valence-corrected chi connectivity index (χ0v) is 17.6. The van der Waals surface area contributed by atoms with Crippen LogP contribution in [0.4, 0.5) is 5.69 Å². The number of carbonyl (C=O) groups is 3. The molecule has 2 aromatic rings. The van der Waals surface area contributed by atoms with Crippen LogP contribution in [-0.2, 0) is 20.7 Å². The first-order valence-corrected chi connectivity index (χ1v) is 10.1. The molecule has 0 atom stereocenters. The Balaban J connectivity index is 1.99. The lowest BCUT2D eigenvalue weighted by molar-refractivity contribution is -0.141. The number of rotatable bonds is 7. The fraction of sp³-hybridized carbons (Fsp3) is 0.292. The SMILES string of the molecule is CCN(CC)C(=O)C(=O)/C(=C/N1CCc2cc(C(=O)OC)ccc21)c1ccccc1. The van der Waals surface area contributed by atoms with Gasteiger partial charge in [0, 0.05) is 31.5 Å². The van der Waals surface area contributed by atoms with Crippen LogP contribution >= 0.6 is 0 Å². The van der Waals surface area contributed by atoms with E-state index in [9.17, 15) is 14.4 Å². The highest BCUT2D eigenvalue weighted by Crippen LogP contribution is 2.31.